The Hall–Kier alpha value is -0.830. The van der Waals surface area contributed by atoms with Crippen molar-refractivity contribution in [3.8, 4) is 0 Å². The number of hydrogen-bond donors (Lipinski definition) is 0. The molecular formula is C15H21BrO2. The molecule has 18 heavy (non-hydrogen) atoms. The van der Waals surface area contributed by atoms with E-state index in [1.165, 1.54) is 0 Å². The predicted molar refractivity (Wildman–Crippen MR) is 77.5 cm³/mol. The van der Waals surface area contributed by atoms with Crippen LogP contribution in [0.15, 0.2) is 28.7 Å². The van der Waals surface area contributed by atoms with Gasteiger partial charge in [-0.15, -0.1) is 0 Å². The van der Waals surface area contributed by atoms with Crippen LogP contribution in [-0.2, 0) is 16.0 Å². The van der Waals surface area contributed by atoms with E-state index in [1.54, 1.807) is 0 Å². The second-order valence-electron chi connectivity index (χ2n) is 6.15. The van der Waals surface area contributed by atoms with Gasteiger partial charge in [0.15, 0.2) is 0 Å². The summed E-state index contributed by atoms with van der Waals surface area (Å²) in [4.78, 5) is 12.2. The smallest absolute Gasteiger partial charge is 0.312 e. The average Bonchev–Trinajstić information content (AvgIpc) is 2.18. The molecule has 1 rings (SSSR count). The monoisotopic (exact) mass is 312 g/mol. The number of hydrogen-bond acceptors (Lipinski definition) is 2. The Balaban J connectivity index is 2.82. The van der Waals surface area contributed by atoms with E-state index in [0.29, 0.717) is 6.42 Å². The van der Waals surface area contributed by atoms with Gasteiger partial charge in [0.25, 0.3) is 0 Å². The van der Waals surface area contributed by atoms with Crippen molar-refractivity contribution in [2.45, 2.75) is 46.6 Å². The number of carbonyl (C=O) groups is 1. The van der Waals surface area contributed by atoms with Crippen LogP contribution in [0.3, 0.4) is 0 Å². The summed E-state index contributed by atoms with van der Waals surface area (Å²) in [7, 11) is 0. The highest BCUT2D eigenvalue weighted by Gasteiger charge is 2.33. The van der Waals surface area contributed by atoms with Crippen LogP contribution < -0.4 is 0 Å². The molecule has 0 N–H and O–H groups in total. The summed E-state index contributed by atoms with van der Waals surface area (Å²) >= 11 is 3.51. The van der Waals surface area contributed by atoms with Crippen LogP contribution >= 0.6 is 15.9 Å². The maximum atomic E-state index is 12.2. The fourth-order valence-electron chi connectivity index (χ4n) is 1.61. The normalized spacial score (nSPS) is 12.3. The lowest BCUT2D eigenvalue weighted by atomic mass is 9.85. The Morgan fingerprint density at radius 1 is 1.17 bits per heavy atom. The van der Waals surface area contributed by atoms with Crippen molar-refractivity contribution in [3.05, 3.63) is 34.3 Å². The minimum Gasteiger partial charge on any atom is -0.460 e. The van der Waals surface area contributed by atoms with Gasteiger partial charge in [-0.1, -0.05) is 34.1 Å². The first-order valence-corrected chi connectivity index (χ1v) is 6.88. The fraction of sp³-hybridized carbons (Fsp3) is 0.533. The molecule has 2 nitrogen and oxygen atoms in total. The molecule has 0 saturated carbocycles. The van der Waals surface area contributed by atoms with Crippen LogP contribution in [0, 0.1) is 5.41 Å². The van der Waals surface area contributed by atoms with E-state index in [2.05, 4.69) is 15.9 Å². The minimum atomic E-state index is -0.531. The minimum absolute atomic E-state index is 0.161. The number of halogens is 1. The SMILES string of the molecule is CC(C)(C)OC(=O)C(C)(C)Cc1ccccc1Br. The van der Waals surface area contributed by atoms with Gasteiger partial charge in [-0.2, -0.15) is 0 Å². The molecule has 0 aliphatic heterocycles. The van der Waals surface area contributed by atoms with Gasteiger partial charge in [-0.05, 0) is 52.7 Å². The van der Waals surface area contributed by atoms with Gasteiger partial charge in [0.05, 0.1) is 5.41 Å². The molecule has 0 atom stereocenters. The Labute approximate surface area is 118 Å². The third-order valence-electron chi connectivity index (χ3n) is 2.54. The molecule has 0 aliphatic carbocycles. The maximum Gasteiger partial charge on any atom is 0.312 e. The van der Waals surface area contributed by atoms with Gasteiger partial charge in [0.2, 0.25) is 0 Å². The number of ether oxygens (including phenoxy) is 1. The van der Waals surface area contributed by atoms with Crippen LogP contribution in [0.5, 0.6) is 0 Å². The molecule has 0 radical (unpaired) electrons. The number of benzene rings is 1. The maximum absolute atomic E-state index is 12.2. The van der Waals surface area contributed by atoms with E-state index in [0.717, 1.165) is 10.0 Å². The summed E-state index contributed by atoms with van der Waals surface area (Å²) in [6.45, 7) is 9.50. The number of rotatable bonds is 3. The van der Waals surface area contributed by atoms with Crippen molar-refractivity contribution in [3.63, 3.8) is 0 Å². The van der Waals surface area contributed by atoms with E-state index in [-0.39, 0.29) is 5.97 Å². The molecule has 0 unspecified atom stereocenters. The molecule has 1 aromatic carbocycles. The van der Waals surface area contributed by atoms with E-state index < -0.39 is 11.0 Å². The molecule has 0 aliphatic rings. The van der Waals surface area contributed by atoms with Crippen LogP contribution in [0.25, 0.3) is 0 Å². The second kappa shape index (κ2) is 5.43. The molecule has 0 heterocycles. The molecule has 0 amide bonds. The molecule has 0 spiro atoms. The number of carbonyl (C=O) groups excluding carboxylic acids is 1. The molecule has 1 aromatic rings. The van der Waals surface area contributed by atoms with Gasteiger partial charge < -0.3 is 4.74 Å². The van der Waals surface area contributed by atoms with Crippen molar-refractivity contribution in [1.29, 1.82) is 0 Å². The summed E-state index contributed by atoms with van der Waals surface area (Å²) in [5.41, 5.74) is 0.146. The molecule has 0 saturated heterocycles. The first kappa shape index (κ1) is 15.2. The van der Waals surface area contributed by atoms with E-state index >= 15 is 0 Å². The summed E-state index contributed by atoms with van der Waals surface area (Å²) in [6, 6.07) is 7.95. The number of esters is 1. The Kier molecular flexibility index (Phi) is 4.60. The molecule has 0 bridgehead atoms. The van der Waals surface area contributed by atoms with E-state index in [4.69, 9.17) is 4.74 Å². The highest BCUT2D eigenvalue weighted by molar-refractivity contribution is 9.10. The molecular weight excluding hydrogens is 292 g/mol. The molecule has 100 valence electrons. The molecule has 0 fully saturated rings. The van der Waals surface area contributed by atoms with E-state index in [1.807, 2.05) is 58.9 Å². The summed E-state index contributed by atoms with van der Waals surface area (Å²) in [5.74, 6) is -0.161. The third-order valence-corrected chi connectivity index (χ3v) is 3.32. The van der Waals surface area contributed by atoms with Crippen molar-refractivity contribution in [2.24, 2.45) is 5.41 Å². The van der Waals surface area contributed by atoms with Crippen LogP contribution in [-0.4, -0.2) is 11.6 Å². The van der Waals surface area contributed by atoms with Crippen molar-refractivity contribution < 1.29 is 9.53 Å². The Morgan fingerprint density at radius 2 is 1.72 bits per heavy atom. The van der Waals surface area contributed by atoms with Crippen LogP contribution in [0.4, 0.5) is 0 Å². The predicted octanol–water partition coefficient (Wildman–Crippen LogP) is 4.36. The fourth-order valence-corrected chi connectivity index (χ4v) is 2.03. The van der Waals surface area contributed by atoms with Gasteiger partial charge >= 0.3 is 5.97 Å². The van der Waals surface area contributed by atoms with E-state index in [9.17, 15) is 4.79 Å². The van der Waals surface area contributed by atoms with Gasteiger partial charge in [-0.3, -0.25) is 4.79 Å². The highest BCUT2D eigenvalue weighted by Crippen LogP contribution is 2.29. The summed E-state index contributed by atoms with van der Waals surface area (Å²) in [6.07, 6.45) is 0.656. The lowest BCUT2D eigenvalue weighted by Gasteiger charge is -2.28. The first-order valence-electron chi connectivity index (χ1n) is 6.09. The zero-order chi connectivity index (χ0) is 14.0. The zero-order valence-corrected chi connectivity index (χ0v) is 13.3. The van der Waals surface area contributed by atoms with Crippen molar-refractivity contribution in [2.75, 3.05) is 0 Å². The second-order valence-corrected chi connectivity index (χ2v) is 7.01. The van der Waals surface area contributed by atoms with Crippen molar-refractivity contribution >= 4 is 21.9 Å². The quantitative estimate of drug-likeness (QED) is 0.775. The lowest BCUT2D eigenvalue weighted by Crippen LogP contribution is -2.35. The van der Waals surface area contributed by atoms with Crippen LogP contribution in [0.2, 0.25) is 0 Å². The van der Waals surface area contributed by atoms with Gasteiger partial charge in [0.1, 0.15) is 5.60 Å². The summed E-state index contributed by atoms with van der Waals surface area (Å²) < 4.78 is 6.49. The molecule has 0 aromatic heterocycles. The topological polar surface area (TPSA) is 26.3 Å². The largest absolute Gasteiger partial charge is 0.460 e. The Morgan fingerprint density at radius 3 is 2.22 bits per heavy atom. The van der Waals surface area contributed by atoms with Gasteiger partial charge in [0, 0.05) is 4.47 Å². The molecule has 3 heteroatoms. The lowest BCUT2D eigenvalue weighted by molar-refractivity contribution is -0.165. The first-order chi connectivity index (χ1) is 8.12. The summed E-state index contributed by atoms with van der Waals surface area (Å²) in [5, 5.41) is 0. The Bertz CT molecular complexity index is 430. The highest BCUT2D eigenvalue weighted by atomic mass is 79.9. The zero-order valence-electron chi connectivity index (χ0n) is 11.7. The van der Waals surface area contributed by atoms with Gasteiger partial charge in [-0.25, -0.2) is 0 Å². The van der Waals surface area contributed by atoms with Crippen LogP contribution in [0.1, 0.15) is 40.2 Å². The van der Waals surface area contributed by atoms with Crippen molar-refractivity contribution in [1.82, 2.24) is 0 Å². The average molecular weight is 313 g/mol. The standard InChI is InChI=1S/C15H21BrO2/c1-14(2,3)18-13(17)15(4,5)10-11-8-6-7-9-12(11)16/h6-9H,10H2,1-5H3. The third kappa shape index (κ3) is 4.45.